The molecule has 0 radical (unpaired) electrons. The Labute approximate surface area is 141 Å². The second kappa shape index (κ2) is 16.4. The molecule has 122 valence electrons. The zero-order valence-corrected chi connectivity index (χ0v) is 16.2. The third kappa shape index (κ3) is 11.6. The molecule has 0 nitrogen and oxygen atoms in total. The first-order valence-corrected chi connectivity index (χ1v) is 11.6. The van der Waals surface area contributed by atoms with Crippen LogP contribution in [0.5, 0.6) is 0 Å². The minimum absolute atomic E-state index is 0.774. The van der Waals surface area contributed by atoms with Crippen LogP contribution >= 0.6 is 33.2 Å². The van der Waals surface area contributed by atoms with E-state index in [4.69, 9.17) is 11.6 Å². The van der Waals surface area contributed by atoms with E-state index in [1.807, 2.05) is 10.8 Å². The molecular weight excluding hydrogens is 304 g/mol. The summed E-state index contributed by atoms with van der Waals surface area (Å²) in [4.78, 5) is 0. The summed E-state index contributed by atoms with van der Waals surface area (Å²) in [7, 11) is 4.13. The van der Waals surface area contributed by atoms with E-state index < -0.39 is 0 Å². The van der Waals surface area contributed by atoms with E-state index in [-0.39, 0.29) is 0 Å². The van der Waals surface area contributed by atoms with Crippen LogP contribution in [0.15, 0.2) is 0 Å². The summed E-state index contributed by atoms with van der Waals surface area (Å²) in [6.07, 6.45) is 13.7. The zero-order valence-electron chi connectivity index (χ0n) is 13.8. The van der Waals surface area contributed by atoms with Gasteiger partial charge in [0, 0.05) is 16.9 Å². The Kier molecular flexibility index (Phi) is 17.2. The molecule has 3 heteroatoms. The van der Waals surface area contributed by atoms with Crippen LogP contribution in [0, 0.1) is 5.92 Å². The van der Waals surface area contributed by atoms with Gasteiger partial charge >= 0.3 is 0 Å². The van der Waals surface area contributed by atoms with Crippen molar-refractivity contribution in [2.45, 2.75) is 90.2 Å². The van der Waals surface area contributed by atoms with E-state index >= 15 is 0 Å². The van der Waals surface area contributed by atoms with E-state index in [1.165, 1.54) is 70.0 Å². The number of hydrogen-bond donors (Lipinski definition) is 0. The van der Waals surface area contributed by atoms with Gasteiger partial charge in [-0.05, 0) is 25.2 Å². The minimum atomic E-state index is 0.774. The average Bonchev–Trinajstić information content (AvgIpc) is 2.46. The van der Waals surface area contributed by atoms with Crippen molar-refractivity contribution in [1.29, 1.82) is 0 Å². The predicted octanol–water partition coefficient (Wildman–Crippen LogP) is 7.55. The first-order chi connectivity index (χ1) is 9.79. The second-order valence-electron chi connectivity index (χ2n) is 5.62. The fourth-order valence-corrected chi connectivity index (χ4v) is 5.64. The smallest absolute Gasteiger partial charge is 0.0234 e. The largest absolute Gasteiger partial charge is 0.127 e. The normalized spacial score (nSPS) is 14.4. The molecular formula is C17H35ClS2. The lowest BCUT2D eigenvalue weighted by molar-refractivity contribution is 0.392. The summed E-state index contributed by atoms with van der Waals surface area (Å²) in [6, 6.07) is 0. The first-order valence-electron chi connectivity index (χ1n) is 8.64. The standard InChI is InChI=1S/C17H35ClS2/c1-4-7-9-11-13-16(12-10-8-5-2)17(14-15-18)20-19-6-3/h16-17H,4-15H2,1-3H3/t16?,17-/m1/s1. The molecule has 0 amide bonds. The lowest BCUT2D eigenvalue weighted by Crippen LogP contribution is -2.18. The van der Waals surface area contributed by atoms with Gasteiger partial charge in [0.15, 0.2) is 0 Å². The molecule has 20 heavy (non-hydrogen) atoms. The Bertz CT molecular complexity index is 188. The van der Waals surface area contributed by atoms with Crippen molar-refractivity contribution >= 4 is 33.2 Å². The van der Waals surface area contributed by atoms with Crippen molar-refractivity contribution in [3.8, 4) is 0 Å². The number of unbranched alkanes of at least 4 members (excludes halogenated alkanes) is 5. The molecule has 0 bridgehead atoms. The van der Waals surface area contributed by atoms with Crippen LogP contribution in [0.4, 0.5) is 0 Å². The summed E-state index contributed by atoms with van der Waals surface area (Å²) in [6.45, 7) is 6.85. The molecule has 0 aromatic carbocycles. The topological polar surface area (TPSA) is 0 Å². The van der Waals surface area contributed by atoms with Gasteiger partial charge in [-0.25, -0.2) is 0 Å². The number of halogens is 1. The molecule has 0 aliphatic carbocycles. The third-order valence-corrected chi connectivity index (χ3v) is 7.15. The van der Waals surface area contributed by atoms with Crippen LogP contribution in [0.1, 0.15) is 85.0 Å². The quantitative estimate of drug-likeness (QED) is 0.172. The summed E-state index contributed by atoms with van der Waals surface area (Å²) in [5.74, 6) is 2.92. The van der Waals surface area contributed by atoms with Gasteiger partial charge in [-0.1, -0.05) is 87.3 Å². The highest BCUT2D eigenvalue weighted by Gasteiger charge is 2.21. The Hall–Kier alpha value is 0.990. The highest BCUT2D eigenvalue weighted by atomic mass is 35.5. The van der Waals surface area contributed by atoms with Crippen molar-refractivity contribution in [1.82, 2.24) is 0 Å². The Morgan fingerprint density at radius 3 is 1.95 bits per heavy atom. The van der Waals surface area contributed by atoms with Gasteiger partial charge in [0.05, 0.1) is 0 Å². The van der Waals surface area contributed by atoms with E-state index in [1.54, 1.807) is 0 Å². The molecule has 0 rings (SSSR count). The van der Waals surface area contributed by atoms with Crippen molar-refractivity contribution in [3.63, 3.8) is 0 Å². The molecule has 0 aliphatic heterocycles. The highest BCUT2D eigenvalue weighted by Crippen LogP contribution is 2.38. The van der Waals surface area contributed by atoms with Gasteiger partial charge in [0.1, 0.15) is 0 Å². The van der Waals surface area contributed by atoms with Crippen LogP contribution < -0.4 is 0 Å². The summed E-state index contributed by atoms with van der Waals surface area (Å²) in [5, 5.41) is 0.774. The van der Waals surface area contributed by atoms with Crippen LogP contribution in [0.3, 0.4) is 0 Å². The Balaban J connectivity index is 4.24. The van der Waals surface area contributed by atoms with Crippen molar-refractivity contribution in [3.05, 3.63) is 0 Å². The van der Waals surface area contributed by atoms with Gasteiger partial charge < -0.3 is 0 Å². The summed E-state index contributed by atoms with van der Waals surface area (Å²) >= 11 is 6.04. The molecule has 2 atom stereocenters. The molecule has 0 aromatic rings. The van der Waals surface area contributed by atoms with Crippen LogP contribution in [-0.2, 0) is 0 Å². The predicted molar refractivity (Wildman–Crippen MR) is 101 cm³/mol. The third-order valence-electron chi connectivity index (χ3n) is 3.84. The Morgan fingerprint density at radius 2 is 1.40 bits per heavy atom. The fourth-order valence-electron chi connectivity index (χ4n) is 2.63. The molecule has 0 heterocycles. The molecule has 0 fully saturated rings. The van der Waals surface area contributed by atoms with Gasteiger partial charge in [0.25, 0.3) is 0 Å². The van der Waals surface area contributed by atoms with Gasteiger partial charge in [-0.3, -0.25) is 0 Å². The van der Waals surface area contributed by atoms with E-state index in [9.17, 15) is 0 Å². The fraction of sp³-hybridized carbons (Fsp3) is 1.00. The monoisotopic (exact) mass is 338 g/mol. The lowest BCUT2D eigenvalue weighted by atomic mass is 9.90. The van der Waals surface area contributed by atoms with Gasteiger partial charge in [0.2, 0.25) is 0 Å². The molecule has 0 aromatic heterocycles. The van der Waals surface area contributed by atoms with Crippen molar-refractivity contribution in [2.24, 2.45) is 5.92 Å². The van der Waals surface area contributed by atoms with Crippen LogP contribution in [0.25, 0.3) is 0 Å². The van der Waals surface area contributed by atoms with E-state index in [0.717, 1.165) is 17.0 Å². The van der Waals surface area contributed by atoms with Gasteiger partial charge in [-0.2, -0.15) is 0 Å². The maximum absolute atomic E-state index is 6.04. The molecule has 0 spiro atoms. The number of rotatable bonds is 15. The maximum Gasteiger partial charge on any atom is 0.0234 e. The minimum Gasteiger partial charge on any atom is -0.127 e. The highest BCUT2D eigenvalue weighted by molar-refractivity contribution is 8.76. The van der Waals surface area contributed by atoms with E-state index in [0.29, 0.717) is 0 Å². The summed E-state index contributed by atoms with van der Waals surface area (Å²) < 4.78 is 0. The van der Waals surface area contributed by atoms with Crippen molar-refractivity contribution in [2.75, 3.05) is 11.6 Å². The van der Waals surface area contributed by atoms with E-state index in [2.05, 4.69) is 31.6 Å². The first kappa shape index (κ1) is 21.0. The Morgan fingerprint density at radius 1 is 0.800 bits per heavy atom. The molecule has 0 aliphatic rings. The molecule has 0 saturated heterocycles. The molecule has 0 saturated carbocycles. The van der Waals surface area contributed by atoms with Crippen LogP contribution in [0.2, 0.25) is 0 Å². The van der Waals surface area contributed by atoms with Crippen LogP contribution in [-0.4, -0.2) is 16.9 Å². The summed E-state index contributed by atoms with van der Waals surface area (Å²) in [5.41, 5.74) is 0. The zero-order chi connectivity index (χ0) is 15.1. The SMILES string of the molecule is CCCCCCC(CCCCC)[C@@H](CCCl)SSCC. The molecule has 1 unspecified atom stereocenters. The lowest BCUT2D eigenvalue weighted by Gasteiger charge is -2.26. The second-order valence-corrected chi connectivity index (χ2v) is 8.90. The van der Waals surface area contributed by atoms with Crippen molar-refractivity contribution < 1.29 is 0 Å². The average molecular weight is 339 g/mol. The number of hydrogen-bond acceptors (Lipinski definition) is 2. The number of alkyl halides is 1. The maximum atomic E-state index is 6.04. The molecule has 0 N–H and O–H groups in total. The van der Waals surface area contributed by atoms with Gasteiger partial charge in [-0.15, -0.1) is 11.6 Å².